The largest absolute Gasteiger partial charge is 0.467 e. The predicted molar refractivity (Wildman–Crippen MR) is 114 cm³/mol. The summed E-state index contributed by atoms with van der Waals surface area (Å²) in [6.07, 6.45) is 5.57. The monoisotopic (exact) mass is 429 g/mol. The number of hydrogen-bond donors (Lipinski definition) is 0. The van der Waals surface area contributed by atoms with Crippen LogP contribution in [0.2, 0.25) is 0 Å². The van der Waals surface area contributed by atoms with Gasteiger partial charge in [-0.15, -0.1) is 10.2 Å². The van der Waals surface area contributed by atoms with Gasteiger partial charge in [-0.05, 0) is 43.0 Å². The van der Waals surface area contributed by atoms with Gasteiger partial charge in [0.25, 0.3) is 0 Å². The minimum Gasteiger partial charge on any atom is -0.467 e. The molecular formula is C21H27N5O3S. The number of nitrogens with zero attached hydrogens (tertiary/aromatic N) is 5. The second-order valence-corrected chi connectivity index (χ2v) is 8.68. The summed E-state index contributed by atoms with van der Waals surface area (Å²) in [4.78, 5) is 16.5. The lowest BCUT2D eigenvalue weighted by Crippen LogP contribution is -2.35. The molecule has 0 aromatic carbocycles. The fraction of sp³-hybridized carbons (Fsp3) is 0.476. The molecule has 160 valence electrons. The number of rotatable bonds is 8. The van der Waals surface area contributed by atoms with Crippen LogP contribution in [0.25, 0.3) is 0 Å². The van der Waals surface area contributed by atoms with Crippen molar-refractivity contribution in [3.05, 3.63) is 48.3 Å². The molecule has 1 amide bonds. The van der Waals surface area contributed by atoms with Gasteiger partial charge < -0.3 is 18.6 Å². The van der Waals surface area contributed by atoms with Gasteiger partial charge in [0, 0.05) is 20.1 Å². The van der Waals surface area contributed by atoms with Crippen LogP contribution in [0.5, 0.6) is 0 Å². The summed E-state index contributed by atoms with van der Waals surface area (Å²) in [6, 6.07) is 7.51. The number of aromatic nitrogens is 3. The molecule has 1 aliphatic heterocycles. The third kappa shape index (κ3) is 4.89. The van der Waals surface area contributed by atoms with Crippen molar-refractivity contribution in [1.82, 2.24) is 19.7 Å². The molecule has 1 aliphatic rings. The highest BCUT2D eigenvalue weighted by atomic mass is 32.2. The molecule has 4 rings (SSSR count). The zero-order valence-electron chi connectivity index (χ0n) is 17.4. The van der Waals surface area contributed by atoms with E-state index < -0.39 is 0 Å². The smallest absolute Gasteiger partial charge is 0.233 e. The number of anilines is 1. The summed E-state index contributed by atoms with van der Waals surface area (Å²) in [6.45, 7) is 5.21. The van der Waals surface area contributed by atoms with Crippen LogP contribution >= 0.6 is 11.8 Å². The van der Waals surface area contributed by atoms with Crippen molar-refractivity contribution in [2.24, 2.45) is 5.92 Å². The molecule has 0 N–H and O–H groups in total. The van der Waals surface area contributed by atoms with Crippen molar-refractivity contribution < 1.29 is 13.6 Å². The summed E-state index contributed by atoms with van der Waals surface area (Å²) < 4.78 is 12.9. The maximum absolute atomic E-state index is 12.6. The van der Waals surface area contributed by atoms with Crippen LogP contribution in [0.15, 0.2) is 50.8 Å². The average Bonchev–Trinajstić information content (AvgIpc) is 3.50. The van der Waals surface area contributed by atoms with Crippen molar-refractivity contribution in [3.8, 4) is 0 Å². The molecule has 0 bridgehead atoms. The highest BCUT2D eigenvalue weighted by Crippen LogP contribution is 2.27. The topological polar surface area (TPSA) is 80.5 Å². The Morgan fingerprint density at radius 3 is 2.53 bits per heavy atom. The first kappa shape index (κ1) is 20.6. The van der Waals surface area contributed by atoms with Crippen LogP contribution in [0.4, 0.5) is 5.95 Å². The van der Waals surface area contributed by atoms with Gasteiger partial charge in [-0.25, -0.2) is 0 Å². The minimum absolute atomic E-state index is 0.0114. The summed E-state index contributed by atoms with van der Waals surface area (Å²) >= 11 is 1.40. The van der Waals surface area contributed by atoms with E-state index in [1.54, 1.807) is 24.5 Å². The molecule has 4 heterocycles. The van der Waals surface area contributed by atoms with Crippen LogP contribution in [0.3, 0.4) is 0 Å². The first-order valence-electron chi connectivity index (χ1n) is 10.2. The number of thioether (sulfide) groups is 1. The maximum atomic E-state index is 12.6. The number of carbonyl (C=O) groups is 1. The minimum atomic E-state index is 0.0114. The van der Waals surface area contributed by atoms with E-state index in [1.165, 1.54) is 11.8 Å². The van der Waals surface area contributed by atoms with Gasteiger partial charge in [0.05, 0.1) is 31.4 Å². The normalized spacial score (nSPS) is 14.9. The molecule has 1 fully saturated rings. The number of carbonyl (C=O) groups excluding carboxylic acids is 1. The molecule has 0 unspecified atom stereocenters. The molecule has 0 aliphatic carbocycles. The first-order valence-corrected chi connectivity index (χ1v) is 11.2. The molecule has 0 radical (unpaired) electrons. The molecule has 3 aromatic rings. The SMILES string of the molecule is CC1CCN(c2nnc(SCC(=O)N(C)Cc3ccco3)n2Cc2ccco2)CC1. The molecular weight excluding hydrogens is 402 g/mol. The number of furan rings is 2. The van der Waals surface area contributed by atoms with Crippen LogP contribution in [0.1, 0.15) is 31.3 Å². The molecule has 0 spiro atoms. The van der Waals surface area contributed by atoms with E-state index in [9.17, 15) is 4.79 Å². The summed E-state index contributed by atoms with van der Waals surface area (Å²) in [5.74, 6) is 3.47. The first-order chi connectivity index (χ1) is 14.6. The Hall–Kier alpha value is -2.68. The van der Waals surface area contributed by atoms with Crippen LogP contribution < -0.4 is 4.90 Å². The summed E-state index contributed by atoms with van der Waals surface area (Å²) in [5, 5.41) is 9.59. The Bertz CT molecular complexity index is 930. The molecule has 1 saturated heterocycles. The van der Waals surface area contributed by atoms with Gasteiger partial charge in [-0.3, -0.25) is 9.36 Å². The van der Waals surface area contributed by atoms with Gasteiger partial charge in [0.15, 0.2) is 5.16 Å². The molecule has 0 atom stereocenters. The number of piperidine rings is 1. The fourth-order valence-corrected chi connectivity index (χ4v) is 4.36. The average molecular weight is 430 g/mol. The van der Waals surface area contributed by atoms with Gasteiger partial charge in [-0.1, -0.05) is 18.7 Å². The van der Waals surface area contributed by atoms with E-state index in [4.69, 9.17) is 8.83 Å². The Kier molecular flexibility index (Phi) is 6.47. The van der Waals surface area contributed by atoms with Crippen molar-refractivity contribution in [2.45, 2.75) is 38.0 Å². The van der Waals surface area contributed by atoms with Crippen LogP contribution in [-0.2, 0) is 17.9 Å². The standard InChI is InChI=1S/C21H27N5O3S/c1-16-7-9-25(10-8-16)20-22-23-21(26(20)14-18-6-4-12-29-18)30-15-19(27)24(2)13-17-5-3-11-28-17/h3-6,11-12,16H,7-10,13-15H2,1-2H3. The highest BCUT2D eigenvalue weighted by molar-refractivity contribution is 7.99. The van der Waals surface area contributed by atoms with E-state index in [2.05, 4.69) is 26.6 Å². The van der Waals surface area contributed by atoms with E-state index >= 15 is 0 Å². The zero-order valence-corrected chi connectivity index (χ0v) is 18.2. The Morgan fingerprint density at radius 1 is 1.17 bits per heavy atom. The maximum Gasteiger partial charge on any atom is 0.233 e. The van der Waals surface area contributed by atoms with Crippen molar-refractivity contribution in [2.75, 3.05) is 30.8 Å². The predicted octanol–water partition coefficient (Wildman–Crippen LogP) is 3.50. The lowest BCUT2D eigenvalue weighted by molar-refractivity contribution is -0.127. The lowest BCUT2D eigenvalue weighted by Gasteiger charge is -2.31. The quantitative estimate of drug-likeness (QED) is 0.507. The van der Waals surface area contributed by atoms with E-state index in [0.29, 0.717) is 13.1 Å². The van der Waals surface area contributed by atoms with Gasteiger partial charge in [0.2, 0.25) is 11.9 Å². The third-order valence-electron chi connectivity index (χ3n) is 5.38. The fourth-order valence-electron chi connectivity index (χ4n) is 3.49. The van der Waals surface area contributed by atoms with Crippen molar-refractivity contribution in [1.29, 1.82) is 0 Å². The van der Waals surface area contributed by atoms with Crippen molar-refractivity contribution >= 4 is 23.6 Å². The molecule has 9 heteroatoms. The molecule has 3 aromatic heterocycles. The Balaban J connectivity index is 1.45. The molecule has 30 heavy (non-hydrogen) atoms. The second kappa shape index (κ2) is 9.42. The number of hydrogen-bond acceptors (Lipinski definition) is 7. The van der Waals surface area contributed by atoms with E-state index in [-0.39, 0.29) is 11.7 Å². The van der Waals surface area contributed by atoms with Crippen molar-refractivity contribution in [3.63, 3.8) is 0 Å². The summed E-state index contributed by atoms with van der Waals surface area (Å²) in [5.41, 5.74) is 0. The zero-order chi connectivity index (χ0) is 20.9. The third-order valence-corrected chi connectivity index (χ3v) is 6.33. The molecule has 0 saturated carbocycles. The number of amides is 1. The van der Waals surface area contributed by atoms with Gasteiger partial charge >= 0.3 is 0 Å². The summed E-state index contributed by atoms with van der Waals surface area (Å²) in [7, 11) is 1.78. The lowest BCUT2D eigenvalue weighted by atomic mass is 10.00. The van der Waals surface area contributed by atoms with Gasteiger partial charge in [0.1, 0.15) is 11.5 Å². The van der Waals surface area contributed by atoms with Crippen LogP contribution in [-0.4, -0.2) is 51.5 Å². The Labute approximate surface area is 180 Å². The van der Waals surface area contributed by atoms with Crippen LogP contribution in [0, 0.1) is 5.92 Å². The van der Waals surface area contributed by atoms with Gasteiger partial charge in [-0.2, -0.15) is 0 Å². The second-order valence-electron chi connectivity index (χ2n) is 7.74. The highest BCUT2D eigenvalue weighted by Gasteiger charge is 2.24. The molecule has 8 nitrogen and oxygen atoms in total. The Morgan fingerprint density at radius 2 is 1.87 bits per heavy atom. The van der Waals surface area contributed by atoms with E-state index in [0.717, 1.165) is 54.5 Å². The van der Waals surface area contributed by atoms with E-state index in [1.807, 2.05) is 24.3 Å².